The minimum Gasteiger partial charge on any atom is -0.619 e. The minimum atomic E-state index is -3.08. The molecule has 1 aliphatic carbocycles. The van der Waals surface area contributed by atoms with Crippen LogP contribution in [0.25, 0.3) is 0 Å². The standard InChI is InChI=1S/C26H24Cl2F2N2O7/c1-31-8-2-3-20(31)25(34)37-14-24(33)38-22(10-17-18(27)11-32(35)12-19(17)28)16-6-7-21(39-26(29)30)23(9-16)36-13-15-4-5-15/h2-3,6-9,11-12,15,22,26H,4-5,10,13-14H2,1H3. The first-order chi connectivity index (χ1) is 18.6. The van der Waals surface area contributed by atoms with Crippen LogP contribution in [0.1, 0.15) is 40.6 Å². The van der Waals surface area contributed by atoms with Crippen LogP contribution < -0.4 is 14.2 Å². The van der Waals surface area contributed by atoms with Crippen molar-refractivity contribution in [1.29, 1.82) is 0 Å². The molecule has 9 nitrogen and oxygen atoms in total. The molecule has 2 heterocycles. The van der Waals surface area contributed by atoms with Gasteiger partial charge in [0.1, 0.15) is 21.8 Å². The third kappa shape index (κ3) is 7.73. The molecule has 0 aliphatic heterocycles. The van der Waals surface area contributed by atoms with E-state index in [0.717, 1.165) is 25.2 Å². The van der Waals surface area contributed by atoms with Gasteiger partial charge in [-0.15, -0.1) is 0 Å². The van der Waals surface area contributed by atoms with Crippen molar-refractivity contribution < 1.29 is 42.0 Å². The molecule has 3 aromatic rings. The first kappa shape index (κ1) is 28.4. The van der Waals surface area contributed by atoms with Gasteiger partial charge in [0.05, 0.1) is 6.61 Å². The molecule has 0 bridgehead atoms. The van der Waals surface area contributed by atoms with Crippen LogP contribution in [-0.2, 0) is 27.7 Å². The zero-order valence-electron chi connectivity index (χ0n) is 20.7. The highest BCUT2D eigenvalue weighted by Crippen LogP contribution is 2.37. The topological polar surface area (TPSA) is 103 Å². The van der Waals surface area contributed by atoms with E-state index in [9.17, 15) is 23.6 Å². The first-order valence-electron chi connectivity index (χ1n) is 11.9. The largest absolute Gasteiger partial charge is 0.619 e. The third-order valence-electron chi connectivity index (χ3n) is 5.92. The van der Waals surface area contributed by atoms with Gasteiger partial charge in [-0.1, -0.05) is 29.3 Å². The molecule has 2 aromatic heterocycles. The lowest BCUT2D eigenvalue weighted by Crippen LogP contribution is -2.26. The molecule has 4 rings (SSSR count). The maximum atomic E-state index is 13.0. The molecule has 1 saturated carbocycles. The van der Waals surface area contributed by atoms with Crippen molar-refractivity contribution in [2.75, 3.05) is 13.2 Å². The van der Waals surface area contributed by atoms with Crippen LogP contribution in [0.3, 0.4) is 0 Å². The average molecular weight is 585 g/mol. The number of ether oxygens (including phenoxy) is 4. The van der Waals surface area contributed by atoms with Crippen LogP contribution in [0, 0.1) is 11.1 Å². The lowest BCUT2D eigenvalue weighted by atomic mass is 10.0. The second-order valence-corrected chi connectivity index (χ2v) is 9.71. The van der Waals surface area contributed by atoms with Crippen LogP contribution in [0.5, 0.6) is 11.5 Å². The van der Waals surface area contributed by atoms with Crippen LogP contribution >= 0.6 is 23.2 Å². The Balaban J connectivity index is 1.58. The number of pyridine rings is 1. The number of aryl methyl sites for hydroxylation is 1. The summed E-state index contributed by atoms with van der Waals surface area (Å²) in [5.74, 6) is -1.44. The smallest absolute Gasteiger partial charge is 0.387 e. The van der Waals surface area contributed by atoms with Gasteiger partial charge in [-0.3, -0.25) is 0 Å². The molecule has 208 valence electrons. The van der Waals surface area contributed by atoms with E-state index in [-0.39, 0.29) is 33.7 Å². The van der Waals surface area contributed by atoms with E-state index in [1.807, 2.05) is 0 Å². The van der Waals surface area contributed by atoms with Crippen LogP contribution in [-0.4, -0.2) is 36.3 Å². The second kappa shape index (κ2) is 12.5. The second-order valence-electron chi connectivity index (χ2n) is 8.89. The normalized spacial score (nSPS) is 13.7. The van der Waals surface area contributed by atoms with E-state index < -0.39 is 31.3 Å². The number of nitrogens with zero attached hydrogens (tertiary/aromatic N) is 2. The van der Waals surface area contributed by atoms with Crippen molar-refractivity contribution in [2.45, 2.75) is 32.0 Å². The Morgan fingerprint density at radius 3 is 2.49 bits per heavy atom. The summed E-state index contributed by atoms with van der Waals surface area (Å²) in [6, 6.07) is 7.30. The first-order valence-corrected chi connectivity index (χ1v) is 12.6. The van der Waals surface area contributed by atoms with E-state index in [1.54, 1.807) is 19.3 Å². The van der Waals surface area contributed by atoms with Crippen molar-refractivity contribution in [3.63, 3.8) is 0 Å². The molecular weight excluding hydrogens is 561 g/mol. The highest BCUT2D eigenvalue weighted by Gasteiger charge is 2.27. The molecule has 39 heavy (non-hydrogen) atoms. The lowest BCUT2D eigenvalue weighted by molar-refractivity contribution is -0.605. The zero-order valence-corrected chi connectivity index (χ0v) is 22.2. The van der Waals surface area contributed by atoms with Crippen molar-refractivity contribution in [2.24, 2.45) is 13.0 Å². The van der Waals surface area contributed by atoms with Crippen LogP contribution in [0.4, 0.5) is 8.78 Å². The number of aromatic nitrogens is 2. The van der Waals surface area contributed by atoms with Crippen LogP contribution in [0.2, 0.25) is 10.0 Å². The van der Waals surface area contributed by atoms with Crippen molar-refractivity contribution in [1.82, 2.24) is 4.57 Å². The maximum absolute atomic E-state index is 13.0. The van der Waals surface area contributed by atoms with Gasteiger partial charge in [-0.05, 0) is 48.6 Å². The van der Waals surface area contributed by atoms with Crippen molar-refractivity contribution in [3.8, 4) is 11.5 Å². The fourth-order valence-corrected chi connectivity index (χ4v) is 4.32. The molecular formula is C26H24Cl2F2N2O7. The Morgan fingerprint density at radius 2 is 1.87 bits per heavy atom. The Bertz CT molecular complexity index is 1320. The summed E-state index contributed by atoms with van der Waals surface area (Å²) in [6.07, 6.45) is 4.60. The lowest BCUT2D eigenvalue weighted by Gasteiger charge is -2.21. The fourth-order valence-electron chi connectivity index (χ4n) is 3.73. The van der Waals surface area contributed by atoms with Gasteiger partial charge < -0.3 is 28.7 Å². The molecule has 13 heteroatoms. The summed E-state index contributed by atoms with van der Waals surface area (Å²) in [4.78, 5) is 25.0. The number of esters is 2. The van der Waals surface area contributed by atoms with Gasteiger partial charge in [-0.2, -0.15) is 13.5 Å². The summed E-state index contributed by atoms with van der Waals surface area (Å²) >= 11 is 12.5. The molecule has 1 fully saturated rings. The molecule has 0 amide bonds. The van der Waals surface area contributed by atoms with E-state index in [1.165, 1.54) is 28.8 Å². The SMILES string of the molecule is Cn1cccc1C(=O)OCC(=O)OC(Cc1c(Cl)c[n+]([O-])cc1Cl)c1ccc(OC(F)F)c(OCC2CC2)c1. The number of hydrogen-bond donors (Lipinski definition) is 0. The highest BCUT2D eigenvalue weighted by atomic mass is 35.5. The van der Waals surface area contributed by atoms with Gasteiger partial charge in [0, 0.05) is 25.2 Å². The average Bonchev–Trinajstić information content (AvgIpc) is 3.60. The third-order valence-corrected chi connectivity index (χ3v) is 6.57. The van der Waals surface area contributed by atoms with Gasteiger partial charge in [0.15, 0.2) is 30.5 Å². The highest BCUT2D eigenvalue weighted by molar-refractivity contribution is 6.35. The predicted octanol–water partition coefficient (Wildman–Crippen LogP) is 5.04. The molecule has 1 aliphatic rings. The molecule has 0 saturated heterocycles. The number of carbonyl (C=O) groups excluding carboxylic acids is 2. The molecule has 0 N–H and O–H groups in total. The summed E-state index contributed by atoms with van der Waals surface area (Å²) in [6.45, 7) is -3.47. The number of hydrogen-bond acceptors (Lipinski definition) is 7. The number of benzene rings is 1. The Kier molecular flexibility index (Phi) is 9.13. The van der Waals surface area contributed by atoms with Crippen molar-refractivity contribution >= 4 is 35.1 Å². The van der Waals surface area contributed by atoms with E-state index in [2.05, 4.69) is 4.74 Å². The number of carbonyl (C=O) groups is 2. The van der Waals surface area contributed by atoms with Gasteiger partial charge in [0.2, 0.25) is 0 Å². The monoisotopic (exact) mass is 584 g/mol. The van der Waals surface area contributed by atoms with E-state index in [0.29, 0.717) is 28.4 Å². The van der Waals surface area contributed by atoms with E-state index in [4.69, 9.17) is 37.4 Å². The molecule has 1 aromatic carbocycles. The Morgan fingerprint density at radius 1 is 1.15 bits per heavy atom. The van der Waals surface area contributed by atoms with Crippen LogP contribution in [0.15, 0.2) is 48.9 Å². The molecule has 1 unspecified atom stereocenters. The summed E-state index contributed by atoms with van der Waals surface area (Å²) in [7, 11) is 1.65. The number of alkyl halides is 2. The van der Waals surface area contributed by atoms with Gasteiger partial charge in [0.25, 0.3) is 0 Å². The number of halogens is 4. The van der Waals surface area contributed by atoms with Gasteiger partial charge >= 0.3 is 18.6 Å². The maximum Gasteiger partial charge on any atom is 0.387 e. The van der Waals surface area contributed by atoms with E-state index >= 15 is 0 Å². The van der Waals surface area contributed by atoms with Gasteiger partial charge in [-0.25, -0.2) is 9.59 Å². The number of rotatable bonds is 12. The summed E-state index contributed by atoms with van der Waals surface area (Å²) < 4.78 is 48.9. The predicted molar refractivity (Wildman–Crippen MR) is 135 cm³/mol. The Labute approximate surface area is 232 Å². The fraction of sp³-hybridized carbons (Fsp3) is 0.346. The molecule has 0 radical (unpaired) electrons. The quantitative estimate of drug-likeness (QED) is 0.167. The molecule has 1 atom stereocenters. The zero-order chi connectivity index (χ0) is 28.1. The summed E-state index contributed by atoms with van der Waals surface area (Å²) in [5.41, 5.74) is 0.882. The summed E-state index contributed by atoms with van der Waals surface area (Å²) in [5, 5.41) is 11.7. The Hall–Kier alpha value is -3.57. The minimum absolute atomic E-state index is 0.0246. The van der Waals surface area contributed by atoms with Crippen molar-refractivity contribution in [3.05, 3.63) is 81.0 Å². The molecule has 0 spiro atoms.